The Kier molecular flexibility index (Phi) is 19.3. The van der Waals surface area contributed by atoms with Crippen LogP contribution in [0.4, 0.5) is 0 Å². The van der Waals surface area contributed by atoms with Gasteiger partial charge in [-0.15, -0.1) is 0 Å². The second-order valence-electron chi connectivity index (χ2n) is 24.5. The molecule has 0 aromatic rings. The van der Waals surface area contributed by atoms with Gasteiger partial charge in [-0.2, -0.15) is 0 Å². The Morgan fingerprint density at radius 2 is 1.28 bits per heavy atom. The van der Waals surface area contributed by atoms with Gasteiger partial charge in [0.1, 0.15) is 85.5 Å². The number of carbonyl (C=O) groups excluding carboxylic acids is 1. The van der Waals surface area contributed by atoms with Gasteiger partial charge in [0.15, 0.2) is 37.6 Å². The predicted octanol–water partition coefficient (Wildman–Crippen LogP) is -2.26. The molecule has 454 valence electrons. The van der Waals surface area contributed by atoms with Crippen molar-refractivity contribution in [3.8, 4) is 0 Å². The average molecular weight is 1140 g/mol. The molecule has 79 heavy (non-hydrogen) atoms. The summed E-state index contributed by atoms with van der Waals surface area (Å²) in [5.74, 6) is -0.318. The molecule has 25 heteroatoms. The third-order valence-corrected chi connectivity index (χ3v) is 19.7. The Labute approximate surface area is 459 Å². The number of aliphatic hydroxyl groups excluding tert-OH is 12. The molecule has 0 spiro atoms. The van der Waals surface area contributed by atoms with Crippen LogP contribution < -0.4 is 0 Å². The van der Waals surface area contributed by atoms with E-state index in [1.807, 2.05) is 13.8 Å². The van der Waals surface area contributed by atoms with Gasteiger partial charge in [-0.05, 0) is 101 Å². The van der Waals surface area contributed by atoms with Crippen LogP contribution >= 0.6 is 0 Å². The van der Waals surface area contributed by atoms with E-state index in [1.165, 1.54) is 12.5 Å². The lowest BCUT2D eigenvalue weighted by atomic mass is 9.47. The third-order valence-electron chi connectivity index (χ3n) is 19.7. The summed E-state index contributed by atoms with van der Waals surface area (Å²) in [5.41, 5.74) is 0.865. The lowest BCUT2D eigenvalue weighted by Gasteiger charge is -2.58. The lowest BCUT2D eigenvalue weighted by Crippen LogP contribution is -2.65. The Morgan fingerprint density at radius 3 is 1.94 bits per heavy atom. The molecule has 0 unspecified atom stereocenters. The summed E-state index contributed by atoms with van der Waals surface area (Å²) in [4.78, 5) is 11.9. The lowest BCUT2D eigenvalue weighted by molar-refractivity contribution is -0.375. The van der Waals surface area contributed by atoms with Crippen molar-refractivity contribution in [1.82, 2.24) is 0 Å². The van der Waals surface area contributed by atoms with Crippen molar-refractivity contribution in [3.63, 3.8) is 0 Å². The molecule has 5 heterocycles. The standard InChI is InChI=1S/C54H88O25/c1-20(71-51-48(43(65)37(59)21(2)72-51)79-50-45(67)41(63)39(61)33(77-50)19-69-49-44(66)40(62)38(60)32(18-55)76-49)35-30(57)16-29-27-10-9-25-15-26(11-13-53(25,6)28(27)12-14-54(29,35)7)75-34-17-31(68-8)46(23(4)70-34)78-52-47(74-24(5)56)42(64)36(58)22(3)73-52/h9,20-23,26-52,55,57-67H,10-19H2,1-8H3/t20-,21-,22-,23-,26+,27-,28+,29-,30+,31+,32-,33-,34+,35+,36-,37-,38-,39-,40+,41+,42-,43-,44-,45-,46-,47-,48-,49-,50+,51-,52+,53+,54+/m1/s1. The molecular formula is C54H88O25. The van der Waals surface area contributed by atoms with E-state index < -0.39 is 185 Å². The number of rotatable bonds is 15. The van der Waals surface area contributed by atoms with Crippen molar-refractivity contribution >= 4 is 5.97 Å². The zero-order valence-electron chi connectivity index (χ0n) is 46.2. The first-order valence-electron chi connectivity index (χ1n) is 28.3. The summed E-state index contributed by atoms with van der Waals surface area (Å²) in [6.07, 6.45) is -25.6. The first-order chi connectivity index (χ1) is 37.3. The van der Waals surface area contributed by atoms with E-state index in [9.17, 15) is 66.1 Å². The van der Waals surface area contributed by atoms with Crippen LogP contribution in [0.15, 0.2) is 11.6 Å². The molecule has 0 amide bonds. The van der Waals surface area contributed by atoms with Gasteiger partial charge in [0, 0.05) is 26.4 Å². The molecule has 0 aromatic heterocycles. The van der Waals surface area contributed by atoms with E-state index in [-0.39, 0.29) is 28.8 Å². The number of esters is 1. The van der Waals surface area contributed by atoms with E-state index in [1.54, 1.807) is 21.0 Å². The summed E-state index contributed by atoms with van der Waals surface area (Å²) >= 11 is 0. The Hall–Kier alpha value is -1.71. The van der Waals surface area contributed by atoms with Crippen LogP contribution in [0, 0.1) is 34.5 Å². The van der Waals surface area contributed by atoms with Crippen molar-refractivity contribution in [2.75, 3.05) is 20.3 Å². The van der Waals surface area contributed by atoms with E-state index in [2.05, 4.69) is 19.9 Å². The van der Waals surface area contributed by atoms with Gasteiger partial charge in [0.25, 0.3) is 0 Å². The monoisotopic (exact) mass is 1140 g/mol. The summed E-state index contributed by atoms with van der Waals surface area (Å²) in [6.45, 7) is 11.2. The minimum absolute atomic E-state index is 0.105. The molecule has 0 bridgehead atoms. The molecule has 25 nitrogen and oxygen atoms in total. The quantitative estimate of drug-likeness (QED) is 0.0608. The number of allylic oxidation sites excluding steroid dienone is 1. The summed E-state index contributed by atoms with van der Waals surface area (Å²) < 4.78 is 72.3. The highest BCUT2D eigenvalue weighted by Crippen LogP contribution is 2.67. The highest BCUT2D eigenvalue weighted by molar-refractivity contribution is 5.66. The normalized spacial score (nSPS) is 53.5. The first-order valence-corrected chi connectivity index (χ1v) is 28.3. The van der Waals surface area contributed by atoms with Crippen molar-refractivity contribution in [3.05, 3.63) is 11.6 Å². The smallest absolute Gasteiger partial charge is 0.303 e. The van der Waals surface area contributed by atoms with Crippen LogP contribution in [-0.2, 0) is 61.6 Å². The second-order valence-corrected chi connectivity index (χ2v) is 24.5. The van der Waals surface area contributed by atoms with Crippen molar-refractivity contribution in [2.24, 2.45) is 34.5 Å². The van der Waals surface area contributed by atoms with E-state index >= 15 is 0 Å². The van der Waals surface area contributed by atoms with Crippen molar-refractivity contribution in [1.29, 1.82) is 0 Å². The number of hydrogen-bond acceptors (Lipinski definition) is 25. The fourth-order valence-electron chi connectivity index (χ4n) is 15.2. The molecular weight excluding hydrogens is 1050 g/mol. The molecule has 5 saturated heterocycles. The molecule has 12 N–H and O–H groups in total. The Balaban J connectivity index is 0.823. The highest BCUT2D eigenvalue weighted by atomic mass is 16.8. The van der Waals surface area contributed by atoms with Gasteiger partial charge in [0.05, 0.1) is 55.9 Å². The molecule has 0 radical (unpaired) electrons. The molecule has 9 aliphatic rings. The molecule has 5 aliphatic heterocycles. The molecule has 33 atom stereocenters. The number of carbonyl (C=O) groups is 1. The number of fused-ring (bicyclic) bond motifs is 5. The first kappa shape index (κ1) is 61.8. The van der Waals surface area contributed by atoms with Crippen molar-refractivity contribution < 1.29 is 123 Å². The molecule has 0 aromatic carbocycles. The van der Waals surface area contributed by atoms with E-state index in [4.69, 9.17) is 56.8 Å². The van der Waals surface area contributed by atoms with Gasteiger partial charge in [-0.3, -0.25) is 4.79 Å². The van der Waals surface area contributed by atoms with Crippen molar-refractivity contribution in [2.45, 2.75) is 266 Å². The summed E-state index contributed by atoms with van der Waals surface area (Å²) in [7, 11) is 1.57. The van der Waals surface area contributed by atoms with E-state index in [0.717, 1.165) is 38.5 Å². The maximum atomic E-state index is 12.1. The zero-order valence-corrected chi connectivity index (χ0v) is 46.2. The largest absolute Gasteiger partial charge is 0.454 e. The van der Waals surface area contributed by atoms with Crippen LogP contribution in [0.3, 0.4) is 0 Å². The Bertz CT molecular complexity index is 2070. The fraction of sp³-hybridized carbons (Fsp3) is 0.944. The molecule has 8 fully saturated rings. The SMILES string of the molecule is CO[C@H]1C[C@H](O[C@H]2CC[C@@]3(C)C(=CC[C@H]4[C@H]5C[C@H](O)[C@H]([C@@H](C)O[C@@H]6O[C@H](C)[C@@H](O)[C@@H](O)[C@H]6O[C@@H]6O[C@H](CO[C@@H]7O[C@H](CO)[C@@H](O)[C@H](O)[C@H]7O)[C@@H](O)[C@H](O)[C@H]6O)[C@@]5(C)CC[C@@H]43)C2)O[C@H](C)[C@H]1O[C@@H]1O[C@H](C)[C@@H](O)[C@@H](O)[C@H]1OC(C)=O. The minimum Gasteiger partial charge on any atom is -0.454 e. The number of ether oxygens (including phenoxy) is 12. The second kappa shape index (κ2) is 24.7. The number of aliphatic hydroxyl groups is 12. The maximum absolute atomic E-state index is 12.1. The summed E-state index contributed by atoms with van der Waals surface area (Å²) in [5, 5.41) is 129. The van der Waals surface area contributed by atoms with Gasteiger partial charge in [0.2, 0.25) is 0 Å². The maximum Gasteiger partial charge on any atom is 0.303 e. The van der Waals surface area contributed by atoms with Gasteiger partial charge >= 0.3 is 5.97 Å². The number of hydrogen-bond donors (Lipinski definition) is 12. The average Bonchev–Trinajstić information content (AvgIpc) is 3.77. The molecule has 4 aliphatic carbocycles. The Morgan fingerprint density at radius 1 is 0.658 bits per heavy atom. The molecule has 9 rings (SSSR count). The minimum atomic E-state index is -1.90. The highest BCUT2D eigenvalue weighted by Gasteiger charge is 2.63. The molecule has 3 saturated carbocycles. The van der Waals surface area contributed by atoms with E-state index in [0.29, 0.717) is 18.8 Å². The van der Waals surface area contributed by atoms with Crippen LogP contribution in [0.1, 0.15) is 99.8 Å². The van der Waals surface area contributed by atoms with Crippen LogP contribution in [-0.4, -0.2) is 253 Å². The van der Waals surface area contributed by atoms with Crippen LogP contribution in [0.25, 0.3) is 0 Å². The van der Waals surface area contributed by atoms with Gasteiger partial charge < -0.3 is 118 Å². The van der Waals surface area contributed by atoms with Gasteiger partial charge in [-0.1, -0.05) is 25.5 Å². The zero-order chi connectivity index (χ0) is 57.3. The van der Waals surface area contributed by atoms with Gasteiger partial charge in [-0.25, -0.2) is 0 Å². The topological polar surface area (TPSA) is 371 Å². The third kappa shape index (κ3) is 11.9. The van der Waals surface area contributed by atoms with Crippen LogP contribution in [0.5, 0.6) is 0 Å². The summed E-state index contributed by atoms with van der Waals surface area (Å²) in [6, 6.07) is 0. The van der Waals surface area contributed by atoms with Crippen LogP contribution in [0.2, 0.25) is 0 Å². The fourth-order valence-corrected chi connectivity index (χ4v) is 15.2. The number of methoxy groups -OCH3 is 1. The predicted molar refractivity (Wildman–Crippen MR) is 266 cm³/mol.